The molecule has 1 aromatic carbocycles. The maximum atomic E-state index is 13.1. The van der Waals surface area contributed by atoms with Crippen LogP contribution < -0.4 is 5.32 Å². The molecule has 1 aliphatic heterocycles. The quantitative estimate of drug-likeness (QED) is 0.880. The summed E-state index contributed by atoms with van der Waals surface area (Å²) < 4.78 is 19.2. The summed E-state index contributed by atoms with van der Waals surface area (Å²) in [5.74, 6) is -0.340. The van der Waals surface area contributed by atoms with Crippen molar-refractivity contribution in [2.75, 3.05) is 11.9 Å². The van der Waals surface area contributed by atoms with E-state index in [9.17, 15) is 4.39 Å². The number of benzene rings is 1. The number of hydrogen-bond acceptors (Lipinski definition) is 2. The molecule has 0 aliphatic carbocycles. The summed E-state index contributed by atoms with van der Waals surface area (Å²) in [6.45, 7) is 2.80. The Kier molecular flexibility index (Phi) is 4.28. The molecule has 1 aliphatic rings. The number of halogens is 3. The van der Waals surface area contributed by atoms with E-state index in [4.69, 9.17) is 16.3 Å². The lowest BCUT2D eigenvalue weighted by Gasteiger charge is -2.29. The van der Waals surface area contributed by atoms with Crippen LogP contribution in [0.25, 0.3) is 0 Å². The molecule has 0 aromatic heterocycles. The first-order valence-electron chi connectivity index (χ1n) is 5.59. The zero-order valence-electron chi connectivity index (χ0n) is 9.47. The van der Waals surface area contributed by atoms with Crippen molar-refractivity contribution < 1.29 is 9.13 Å². The van der Waals surface area contributed by atoms with Crippen molar-refractivity contribution in [1.82, 2.24) is 0 Å². The maximum Gasteiger partial charge on any atom is 0.125 e. The van der Waals surface area contributed by atoms with Gasteiger partial charge < -0.3 is 10.1 Å². The molecule has 0 saturated carbocycles. The van der Waals surface area contributed by atoms with Crippen molar-refractivity contribution in [3.8, 4) is 0 Å². The summed E-state index contributed by atoms with van der Waals surface area (Å²) in [5.41, 5.74) is 0.757. The fourth-order valence-corrected chi connectivity index (χ4v) is 2.93. The van der Waals surface area contributed by atoms with E-state index >= 15 is 0 Å². The lowest BCUT2D eigenvalue weighted by molar-refractivity contribution is 0.0232. The van der Waals surface area contributed by atoms with Gasteiger partial charge in [-0.3, -0.25) is 0 Å². The molecular weight excluding hydrogens is 308 g/mol. The summed E-state index contributed by atoms with van der Waals surface area (Å²) >= 11 is 9.35. The molecular formula is C12H14BrClFNO. The molecule has 0 radical (unpaired) electrons. The zero-order valence-corrected chi connectivity index (χ0v) is 11.8. The Bertz CT molecular complexity index is 392. The summed E-state index contributed by atoms with van der Waals surface area (Å²) in [7, 11) is 0. The second-order valence-electron chi connectivity index (χ2n) is 4.29. The summed E-state index contributed by atoms with van der Waals surface area (Å²) in [5, 5.41) is 3.75. The van der Waals surface area contributed by atoms with Gasteiger partial charge in [-0.1, -0.05) is 11.6 Å². The Morgan fingerprint density at radius 1 is 1.53 bits per heavy atom. The molecule has 5 heteroatoms. The molecule has 17 heavy (non-hydrogen) atoms. The highest BCUT2D eigenvalue weighted by Gasteiger charge is 2.20. The van der Waals surface area contributed by atoms with Gasteiger partial charge in [-0.25, -0.2) is 4.39 Å². The molecule has 2 atom stereocenters. The van der Waals surface area contributed by atoms with Crippen LogP contribution in [-0.4, -0.2) is 18.8 Å². The van der Waals surface area contributed by atoms with Gasteiger partial charge in [-0.05, 0) is 47.8 Å². The van der Waals surface area contributed by atoms with Crippen LogP contribution in [0.5, 0.6) is 0 Å². The monoisotopic (exact) mass is 321 g/mol. The van der Waals surface area contributed by atoms with E-state index in [1.165, 1.54) is 12.1 Å². The van der Waals surface area contributed by atoms with Gasteiger partial charge in [0.2, 0.25) is 0 Å². The van der Waals surface area contributed by atoms with Crippen LogP contribution in [0.2, 0.25) is 5.02 Å². The standard InChI is InChI=1S/C12H14BrClFNO/c1-7-4-9(2-3-17-7)16-12-10(13)5-8(15)6-11(12)14/h5-7,9,16H,2-4H2,1H3. The van der Waals surface area contributed by atoms with Crippen LogP contribution in [0.1, 0.15) is 19.8 Å². The minimum absolute atomic E-state index is 0.249. The van der Waals surface area contributed by atoms with Gasteiger partial charge >= 0.3 is 0 Å². The first-order valence-corrected chi connectivity index (χ1v) is 6.76. The second-order valence-corrected chi connectivity index (χ2v) is 5.55. The van der Waals surface area contributed by atoms with Crippen LogP contribution in [-0.2, 0) is 4.74 Å². The molecule has 1 heterocycles. The van der Waals surface area contributed by atoms with Gasteiger partial charge in [0.1, 0.15) is 5.82 Å². The van der Waals surface area contributed by atoms with Crippen LogP contribution in [0.3, 0.4) is 0 Å². The average Bonchev–Trinajstić information content (AvgIpc) is 2.23. The van der Waals surface area contributed by atoms with Crippen molar-refractivity contribution >= 4 is 33.2 Å². The van der Waals surface area contributed by atoms with Gasteiger partial charge in [-0.15, -0.1) is 0 Å². The molecule has 2 nitrogen and oxygen atoms in total. The fraction of sp³-hybridized carbons (Fsp3) is 0.500. The van der Waals surface area contributed by atoms with E-state index in [-0.39, 0.29) is 11.9 Å². The number of hydrogen-bond donors (Lipinski definition) is 1. The normalized spacial score (nSPS) is 24.7. The highest BCUT2D eigenvalue weighted by Crippen LogP contribution is 2.33. The smallest absolute Gasteiger partial charge is 0.125 e. The maximum absolute atomic E-state index is 13.1. The van der Waals surface area contributed by atoms with E-state index in [2.05, 4.69) is 28.2 Å². The van der Waals surface area contributed by atoms with Gasteiger partial charge in [-0.2, -0.15) is 0 Å². The Balaban J connectivity index is 2.12. The van der Waals surface area contributed by atoms with E-state index in [0.29, 0.717) is 15.5 Å². The number of rotatable bonds is 2. The molecule has 1 fully saturated rings. The Morgan fingerprint density at radius 2 is 2.29 bits per heavy atom. The lowest BCUT2D eigenvalue weighted by Crippen LogP contribution is -2.32. The lowest BCUT2D eigenvalue weighted by atomic mass is 10.0. The van der Waals surface area contributed by atoms with Gasteiger partial charge in [0.05, 0.1) is 16.8 Å². The molecule has 0 spiro atoms. The Morgan fingerprint density at radius 3 is 2.94 bits per heavy atom. The zero-order chi connectivity index (χ0) is 12.4. The van der Waals surface area contributed by atoms with Gasteiger partial charge in [0.25, 0.3) is 0 Å². The molecule has 0 bridgehead atoms. The average molecular weight is 323 g/mol. The number of nitrogens with one attached hydrogen (secondary N) is 1. The summed E-state index contributed by atoms with van der Waals surface area (Å²) in [4.78, 5) is 0. The predicted molar refractivity (Wildman–Crippen MR) is 71.2 cm³/mol. The number of anilines is 1. The van der Waals surface area contributed by atoms with Crippen LogP contribution in [0.15, 0.2) is 16.6 Å². The predicted octanol–water partition coefficient (Wildman–Crippen LogP) is 4.22. The van der Waals surface area contributed by atoms with Gasteiger partial charge in [0.15, 0.2) is 0 Å². The van der Waals surface area contributed by atoms with E-state index in [1.54, 1.807) is 0 Å². The van der Waals surface area contributed by atoms with Crippen LogP contribution in [0.4, 0.5) is 10.1 Å². The van der Waals surface area contributed by atoms with Crippen LogP contribution >= 0.6 is 27.5 Å². The molecule has 1 N–H and O–H groups in total. The third-order valence-corrected chi connectivity index (χ3v) is 3.76. The van der Waals surface area contributed by atoms with Crippen LogP contribution in [0, 0.1) is 5.82 Å². The van der Waals surface area contributed by atoms with E-state index < -0.39 is 0 Å². The SMILES string of the molecule is CC1CC(Nc2c(Cl)cc(F)cc2Br)CCO1. The molecule has 0 amide bonds. The number of ether oxygens (including phenoxy) is 1. The third kappa shape index (κ3) is 3.33. The highest BCUT2D eigenvalue weighted by molar-refractivity contribution is 9.10. The Labute approximate surface area is 114 Å². The molecule has 94 valence electrons. The third-order valence-electron chi connectivity index (χ3n) is 2.84. The summed E-state index contributed by atoms with van der Waals surface area (Å²) in [6, 6.07) is 3.05. The summed E-state index contributed by atoms with van der Waals surface area (Å²) in [6.07, 6.45) is 2.12. The molecule has 1 saturated heterocycles. The highest BCUT2D eigenvalue weighted by atomic mass is 79.9. The first kappa shape index (κ1) is 13.1. The van der Waals surface area contributed by atoms with Crippen molar-refractivity contribution in [3.63, 3.8) is 0 Å². The van der Waals surface area contributed by atoms with Crippen molar-refractivity contribution in [2.45, 2.75) is 31.9 Å². The topological polar surface area (TPSA) is 21.3 Å². The molecule has 2 unspecified atom stereocenters. The van der Waals surface area contributed by atoms with Crippen molar-refractivity contribution in [2.24, 2.45) is 0 Å². The first-order chi connectivity index (χ1) is 8.06. The fourth-order valence-electron chi connectivity index (χ4n) is 2.01. The van der Waals surface area contributed by atoms with Gasteiger partial charge in [0, 0.05) is 17.1 Å². The van der Waals surface area contributed by atoms with E-state index in [1.807, 2.05) is 0 Å². The molecule has 1 aromatic rings. The largest absolute Gasteiger partial charge is 0.380 e. The minimum Gasteiger partial charge on any atom is -0.380 e. The Hall–Kier alpha value is -0.320. The van der Waals surface area contributed by atoms with Crippen molar-refractivity contribution in [1.29, 1.82) is 0 Å². The minimum atomic E-state index is -0.340. The molecule has 2 rings (SSSR count). The van der Waals surface area contributed by atoms with E-state index in [0.717, 1.165) is 25.1 Å². The van der Waals surface area contributed by atoms with Crippen molar-refractivity contribution in [3.05, 3.63) is 27.4 Å². The second kappa shape index (κ2) is 5.55.